The Balaban J connectivity index is 1.71. The topological polar surface area (TPSA) is 80.1 Å². The number of anilines is 1. The molecule has 3 aliphatic rings. The van der Waals surface area contributed by atoms with Gasteiger partial charge in [-0.1, -0.05) is 18.2 Å². The van der Waals surface area contributed by atoms with Crippen LogP contribution in [0.4, 0.5) is 5.69 Å². The number of amides is 2. The Morgan fingerprint density at radius 3 is 2.61 bits per heavy atom. The summed E-state index contributed by atoms with van der Waals surface area (Å²) >= 11 is 0. The van der Waals surface area contributed by atoms with Crippen LogP contribution in [0.2, 0.25) is 0 Å². The van der Waals surface area contributed by atoms with Crippen LogP contribution in [0.1, 0.15) is 45.7 Å². The van der Waals surface area contributed by atoms with Crippen molar-refractivity contribution in [1.82, 2.24) is 4.90 Å². The Bertz CT molecular complexity index is 1420. The third-order valence-electron chi connectivity index (χ3n) is 7.39. The molecule has 1 aromatic heterocycles. The molecule has 33 heavy (non-hydrogen) atoms. The van der Waals surface area contributed by atoms with Gasteiger partial charge in [0.2, 0.25) is 5.76 Å². The van der Waals surface area contributed by atoms with E-state index in [1.54, 1.807) is 19.2 Å². The zero-order valence-electron chi connectivity index (χ0n) is 18.8. The molecule has 0 saturated carbocycles. The molecular formula is C26H24N2O5. The second-order valence-electron chi connectivity index (χ2n) is 9.21. The molecule has 2 atom stereocenters. The first-order valence-corrected chi connectivity index (χ1v) is 11.3. The van der Waals surface area contributed by atoms with Gasteiger partial charge < -0.3 is 19.0 Å². The van der Waals surface area contributed by atoms with Gasteiger partial charge in [-0.15, -0.1) is 0 Å². The van der Waals surface area contributed by atoms with Crippen molar-refractivity contribution < 1.29 is 18.7 Å². The van der Waals surface area contributed by atoms with Crippen LogP contribution in [0.15, 0.2) is 45.6 Å². The van der Waals surface area contributed by atoms with Gasteiger partial charge in [0, 0.05) is 31.5 Å². The Hall–Kier alpha value is -3.45. The van der Waals surface area contributed by atoms with Crippen molar-refractivity contribution in [2.24, 2.45) is 0 Å². The summed E-state index contributed by atoms with van der Waals surface area (Å²) in [6, 6.07) is 10.9. The van der Waals surface area contributed by atoms with E-state index in [-0.39, 0.29) is 35.3 Å². The molecule has 6 rings (SSSR count). The summed E-state index contributed by atoms with van der Waals surface area (Å²) in [6.45, 7) is 4.69. The second kappa shape index (κ2) is 6.78. The van der Waals surface area contributed by atoms with Crippen LogP contribution in [-0.2, 0) is 15.1 Å². The summed E-state index contributed by atoms with van der Waals surface area (Å²) in [4.78, 5) is 44.9. The van der Waals surface area contributed by atoms with E-state index in [4.69, 9.17) is 9.15 Å². The first-order chi connectivity index (χ1) is 15.9. The lowest BCUT2D eigenvalue weighted by atomic mass is 9.83. The number of aryl methyl sites for hydroxylation is 2. The van der Waals surface area contributed by atoms with Crippen LogP contribution < -0.4 is 10.3 Å². The number of hydrogen-bond acceptors (Lipinski definition) is 5. The molecule has 0 radical (unpaired) electrons. The maximum absolute atomic E-state index is 14.0. The summed E-state index contributed by atoms with van der Waals surface area (Å²) in [5.41, 5.74) is 1.79. The predicted molar refractivity (Wildman–Crippen MR) is 123 cm³/mol. The average molecular weight is 444 g/mol. The number of rotatable bonds is 2. The fourth-order valence-corrected chi connectivity index (χ4v) is 5.59. The van der Waals surface area contributed by atoms with Crippen LogP contribution in [0, 0.1) is 13.8 Å². The minimum absolute atomic E-state index is 0.0489. The maximum atomic E-state index is 14.0. The number of ether oxygens (including phenoxy) is 1. The van der Waals surface area contributed by atoms with Gasteiger partial charge in [0.15, 0.2) is 11.0 Å². The minimum Gasteiger partial charge on any atom is -0.450 e. The van der Waals surface area contributed by atoms with E-state index >= 15 is 0 Å². The minimum atomic E-state index is -1.56. The highest BCUT2D eigenvalue weighted by molar-refractivity contribution is 6.16. The van der Waals surface area contributed by atoms with Gasteiger partial charge in [-0.05, 0) is 56.0 Å². The summed E-state index contributed by atoms with van der Waals surface area (Å²) < 4.78 is 11.9. The van der Waals surface area contributed by atoms with Crippen molar-refractivity contribution in [3.05, 3.63) is 74.6 Å². The van der Waals surface area contributed by atoms with Crippen LogP contribution in [0.5, 0.6) is 0 Å². The van der Waals surface area contributed by atoms with Crippen molar-refractivity contribution in [3.63, 3.8) is 0 Å². The smallest absolute Gasteiger partial charge is 0.291 e. The summed E-state index contributed by atoms with van der Waals surface area (Å²) in [7, 11) is 1.68. The molecule has 3 aliphatic heterocycles. The van der Waals surface area contributed by atoms with Gasteiger partial charge in [-0.3, -0.25) is 14.4 Å². The molecule has 1 spiro atoms. The molecule has 2 amide bonds. The van der Waals surface area contributed by atoms with Crippen LogP contribution in [0.3, 0.4) is 0 Å². The lowest BCUT2D eigenvalue weighted by Crippen LogP contribution is -2.54. The van der Waals surface area contributed by atoms with Crippen molar-refractivity contribution in [1.29, 1.82) is 0 Å². The summed E-state index contributed by atoms with van der Waals surface area (Å²) in [6.07, 6.45) is 1.50. The molecule has 1 saturated heterocycles. The third-order valence-corrected chi connectivity index (χ3v) is 7.39. The van der Waals surface area contributed by atoms with Crippen molar-refractivity contribution in [2.75, 3.05) is 25.1 Å². The van der Waals surface area contributed by atoms with Gasteiger partial charge in [-0.2, -0.15) is 0 Å². The monoisotopic (exact) mass is 444 g/mol. The lowest BCUT2D eigenvalue weighted by Gasteiger charge is -2.35. The maximum Gasteiger partial charge on any atom is 0.291 e. The van der Waals surface area contributed by atoms with Gasteiger partial charge >= 0.3 is 0 Å². The normalized spacial score (nSPS) is 23.8. The number of carbonyl (C=O) groups is 2. The molecule has 3 aromatic rings. The molecule has 1 fully saturated rings. The van der Waals surface area contributed by atoms with Crippen molar-refractivity contribution in [3.8, 4) is 0 Å². The fraction of sp³-hybridized carbons (Fsp3) is 0.346. The first kappa shape index (κ1) is 20.2. The van der Waals surface area contributed by atoms with E-state index < -0.39 is 11.4 Å². The summed E-state index contributed by atoms with van der Waals surface area (Å²) in [5, 5.41) is 0.378. The number of para-hydroxylation sites is 1. The van der Waals surface area contributed by atoms with E-state index in [9.17, 15) is 14.4 Å². The van der Waals surface area contributed by atoms with E-state index in [2.05, 4.69) is 0 Å². The highest BCUT2D eigenvalue weighted by Crippen LogP contribution is 2.52. The number of likely N-dealkylation sites (N-methyl/N-ethyl adjacent to an activating group) is 1. The second-order valence-corrected chi connectivity index (χ2v) is 9.21. The van der Waals surface area contributed by atoms with E-state index in [0.717, 1.165) is 24.0 Å². The van der Waals surface area contributed by atoms with Gasteiger partial charge in [0.05, 0.1) is 17.1 Å². The number of carbonyl (C=O) groups excluding carboxylic acids is 2. The van der Waals surface area contributed by atoms with E-state index in [1.807, 2.05) is 38.1 Å². The lowest BCUT2D eigenvalue weighted by molar-refractivity contribution is -0.126. The Morgan fingerprint density at radius 1 is 1.09 bits per heavy atom. The molecule has 0 aliphatic carbocycles. The van der Waals surface area contributed by atoms with E-state index in [1.165, 1.54) is 9.80 Å². The molecule has 2 aromatic carbocycles. The molecular weight excluding hydrogens is 420 g/mol. The molecule has 0 unspecified atom stereocenters. The average Bonchev–Trinajstić information content (AvgIpc) is 3.46. The standard InChI is InChI=1S/C26H24N2O5/c1-14-11-17-20(12-15(14)2)33-23-21(22(17)29)26(28(24(23)30)13-16-7-6-10-32-16)18-8-4-5-9-19(18)27(3)25(26)31/h4-5,8-9,11-12,16H,6-7,10,13H2,1-3H3/t16-,26-/m1/s1. The molecule has 0 N–H and O–H groups in total. The molecule has 7 nitrogen and oxygen atoms in total. The quantitative estimate of drug-likeness (QED) is 0.606. The zero-order chi connectivity index (χ0) is 23.1. The molecule has 4 heterocycles. The SMILES string of the molecule is Cc1cc2oc3c(c(=O)c2cc1C)[C@]1(C(=O)N(C)c2ccccc21)N(C[C@H]1CCCO1)C3=O. The zero-order valence-corrected chi connectivity index (χ0v) is 18.8. The number of fused-ring (bicyclic) bond motifs is 5. The highest BCUT2D eigenvalue weighted by Gasteiger charge is 2.64. The Morgan fingerprint density at radius 2 is 1.85 bits per heavy atom. The fourth-order valence-electron chi connectivity index (χ4n) is 5.59. The predicted octanol–water partition coefficient (Wildman–Crippen LogP) is 3.26. The third kappa shape index (κ3) is 2.45. The van der Waals surface area contributed by atoms with E-state index in [0.29, 0.717) is 28.8 Å². The Labute approximate surface area is 190 Å². The number of benzene rings is 2. The molecule has 7 heteroatoms. The van der Waals surface area contributed by atoms with Crippen LogP contribution in [0.25, 0.3) is 11.0 Å². The van der Waals surface area contributed by atoms with Crippen molar-refractivity contribution >= 4 is 28.5 Å². The highest BCUT2D eigenvalue weighted by atomic mass is 16.5. The summed E-state index contributed by atoms with van der Waals surface area (Å²) in [5.74, 6) is -0.826. The van der Waals surface area contributed by atoms with Gasteiger partial charge in [0.25, 0.3) is 11.8 Å². The number of nitrogens with zero attached hydrogens (tertiary/aromatic N) is 2. The number of hydrogen-bond donors (Lipinski definition) is 0. The molecule has 168 valence electrons. The Kier molecular flexibility index (Phi) is 4.14. The van der Waals surface area contributed by atoms with Gasteiger partial charge in [-0.25, -0.2) is 0 Å². The van der Waals surface area contributed by atoms with Crippen molar-refractivity contribution in [2.45, 2.75) is 38.3 Å². The van der Waals surface area contributed by atoms with Gasteiger partial charge in [0.1, 0.15) is 5.58 Å². The van der Waals surface area contributed by atoms with Crippen LogP contribution in [-0.4, -0.2) is 43.0 Å². The molecule has 0 bridgehead atoms. The largest absolute Gasteiger partial charge is 0.450 e. The first-order valence-electron chi connectivity index (χ1n) is 11.3. The van der Waals surface area contributed by atoms with Crippen LogP contribution >= 0.6 is 0 Å².